The van der Waals surface area contributed by atoms with Crippen LogP contribution in [0.25, 0.3) is 0 Å². The van der Waals surface area contributed by atoms with Gasteiger partial charge in [0.2, 0.25) is 5.91 Å². The number of carboxylic acids is 1. The van der Waals surface area contributed by atoms with Crippen LogP contribution in [0.4, 0.5) is 0 Å². The highest BCUT2D eigenvalue weighted by atomic mass is 16.4. The van der Waals surface area contributed by atoms with Crippen molar-refractivity contribution in [2.75, 3.05) is 21.1 Å². The first-order valence-electron chi connectivity index (χ1n) is 4.98. The van der Waals surface area contributed by atoms with Gasteiger partial charge in [-0.2, -0.15) is 0 Å². The Morgan fingerprint density at radius 2 is 1.73 bits per heavy atom. The molecule has 2 unspecified atom stereocenters. The maximum absolute atomic E-state index is 11.6. The Labute approximate surface area is 90.7 Å². The highest BCUT2D eigenvalue weighted by molar-refractivity contribution is 5.82. The van der Waals surface area contributed by atoms with Gasteiger partial charge < -0.3 is 10.0 Å². The molecule has 0 heterocycles. The van der Waals surface area contributed by atoms with Gasteiger partial charge in [-0.1, -0.05) is 6.92 Å². The normalized spacial score (nSPS) is 14.8. The molecule has 0 aliphatic rings. The second kappa shape index (κ2) is 5.70. The molecular formula is C10H20N2O3. The van der Waals surface area contributed by atoms with Crippen molar-refractivity contribution in [3.8, 4) is 0 Å². The molecule has 0 rings (SSSR count). The lowest BCUT2D eigenvalue weighted by atomic mass is 10.1. The third kappa shape index (κ3) is 3.51. The Balaban J connectivity index is 4.61. The zero-order chi connectivity index (χ0) is 12.2. The van der Waals surface area contributed by atoms with Crippen molar-refractivity contribution in [3.63, 3.8) is 0 Å². The van der Waals surface area contributed by atoms with Crippen LogP contribution in [0.2, 0.25) is 0 Å². The molecular weight excluding hydrogens is 196 g/mol. The van der Waals surface area contributed by atoms with Crippen molar-refractivity contribution in [1.29, 1.82) is 0 Å². The molecule has 0 aliphatic heterocycles. The van der Waals surface area contributed by atoms with Crippen molar-refractivity contribution in [2.45, 2.75) is 32.4 Å². The molecule has 0 aliphatic carbocycles. The van der Waals surface area contributed by atoms with Crippen LogP contribution < -0.4 is 0 Å². The first-order chi connectivity index (χ1) is 6.82. The zero-order valence-electron chi connectivity index (χ0n) is 10.0. The highest BCUT2D eigenvalue weighted by Crippen LogP contribution is 2.08. The molecule has 5 heteroatoms. The van der Waals surface area contributed by atoms with Gasteiger partial charge in [-0.25, -0.2) is 0 Å². The van der Waals surface area contributed by atoms with Crippen molar-refractivity contribution in [1.82, 2.24) is 9.80 Å². The molecule has 1 amide bonds. The van der Waals surface area contributed by atoms with E-state index >= 15 is 0 Å². The number of rotatable bonds is 5. The Morgan fingerprint density at radius 3 is 2.00 bits per heavy atom. The molecule has 0 saturated carbocycles. The molecule has 15 heavy (non-hydrogen) atoms. The van der Waals surface area contributed by atoms with Gasteiger partial charge in [0.05, 0.1) is 6.04 Å². The molecule has 0 saturated heterocycles. The fourth-order valence-electron chi connectivity index (χ4n) is 1.45. The fraction of sp³-hybridized carbons (Fsp3) is 0.800. The molecule has 0 spiro atoms. The molecule has 0 radical (unpaired) electrons. The number of hydrogen-bond donors (Lipinski definition) is 1. The highest BCUT2D eigenvalue weighted by Gasteiger charge is 2.28. The minimum Gasteiger partial charge on any atom is -0.480 e. The second-order valence-corrected chi connectivity index (χ2v) is 3.84. The minimum absolute atomic E-state index is 0.0859. The number of aliphatic carboxylic acids is 1. The van der Waals surface area contributed by atoms with Crippen LogP contribution in [0.5, 0.6) is 0 Å². The number of carbonyl (C=O) groups excluding carboxylic acids is 1. The van der Waals surface area contributed by atoms with E-state index in [4.69, 9.17) is 5.11 Å². The largest absolute Gasteiger partial charge is 0.480 e. The van der Waals surface area contributed by atoms with E-state index in [1.54, 1.807) is 39.9 Å². The number of nitrogens with zero attached hydrogens (tertiary/aromatic N) is 2. The van der Waals surface area contributed by atoms with Gasteiger partial charge >= 0.3 is 5.97 Å². The van der Waals surface area contributed by atoms with Gasteiger partial charge in [0.25, 0.3) is 0 Å². The smallest absolute Gasteiger partial charge is 0.320 e. The van der Waals surface area contributed by atoms with E-state index in [1.807, 2.05) is 0 Å². The standard InChI is InChI=1S/C10H20N2O3/c1-6-8(10(14)15)12(5)7(2)9(13)11(3)4/h7-8H,6H2,1-5H3,(H,14,15). The van der Waals surface area contributed by atoms with Crippen LogP contribution in [0, 0.1) is 0 Å². The Kier molecular flexibility index (Phi) is 5.28. The van der Waals surface area contributed by atoms with Crippen molar-refractivity contribution < 1.29 is 14.7 Å². The van der Waals surface area contributed by atoms with Crippen LogP contribution in [0.15, 0.2) is 0 Å². The summed E-state index contributed by atoms with van der Waals surface area (Å²) in [6.45, 7) is 3.51. The van der Waals surface area contributed by atoms with Gasteiger partial charge in [0.1, 0.15) is 6.04 Å². The van der Waals surface area contributed by atoms with E-state index in [0.717, 1.165) is 0 Å². The molecule has 0 aromatic rings. The summed E-state index contributed by atoms with van der Waals surface area (Å²) in [5.74, 6) is -0.976. The maximum Gasteiger partial charge on any atom is 0.320 e. The number of amides is 1. The topological polar surface area (TPSA) is 60.9 Å². The molecule has 0 aromatic carbocycles. The first-order valence-corrected chi connectivity index (χ1v) is 4.98. The van der Waals surface area contributed by atoms with Crippen LogP contribution in [-0.4, -0.2) is 60.0 Å². The average Bonchev–Trinajstić information content (AvgIpc) is 2.15. The zero-order valence-corrected chi connectivity index (χ0v) is 10.0. The summed E-state index contributed by atoms with van der Waals surface area (Å²) in [6.07, 6.45) is 0.483. The summed E-state index contributed by atoms with van der Waals surface area (Å²) in [5.41, 5.74) is 0. The number of likely N-dealkylation sites (N-methyl/N-ethyl adjacent to an activating group) is 2. The van der Waals surface area contributed by atoms with Crippen LogP contribution in [0.3, 0.4) is 0 Å². The summed E-state index contributed by atoms with van der Waals surface area (Å²) in [4.78, 5) is 25.6. The third-order valence-electron chi connectivity index (χ3n) is 2.57. The lowest BCUT2D eigenvalue weighted by Gasteiger charge is -2.30. The van der Waals surface area contributed by atoms with Crippen molar-refractivity contribution in [3.05, 3.63) is 0 Å². The quantitative estimate of drug-likeness (QED) is 0.716. The molecule has 0 fully saturated rings. The minimum atomic E-state index is -0.890. The SMILES string of the molecule is CCC(C(=O)O)N(C)C(C)C(=O)N(C)C. The number of carbonyl (C=O) groups is 2. The van der Waals surface area contributed by atoms with E-state index in [0.29, 0.717) is 6.42 Å². The lowest BCUT2D eigenvalue weighted by Crippen LogP contribution is -2.49. The molecule has 0 aromatic heterocycles. The molecule has 5 nitrogen and oxygen atoms in total. The van der Waals surface area contributed by atoms with Crippen LogP contribution in [-0.2, 0) is 9.59 Å². The molecule has 1 N–H and O–H groups in total. The molecule has 2 atom stereocenters. The van der Waals surface area contributed by atoms with Crippen molar-refractivity contribution >= 4 is 11.9 Å². The van der Waals surface area contributed by atoms with E-state index < -0.39 is 18.1 Å². The van der Waals surface area contributed by atoms with E-state index in [1.165, 1.54) is 4.90 Å². The summed E-state index contributed by atoms with van der Waals surface area (Å²) in [5, 5.41) is 8.95. The number of carboxylic acid groups (broad SMARTS) is 1. The van der Waals surface area contributed by atoms with Crippen molar-refractivity contribution in [2.24, 2.45) is 0 Å². The van der Waals surface area contributed by atoms with E-state index in [9.17, 15) is 9.59 Å². The summed E-state index contributed by atoms with van der Waals surface area (Å²) >= 11 is 0. The summed E-state index contributed by atoms with van der Waals surface area (Å²) < 4.78 is 0. The monoisotopic (exact) mass is 216 g/mol. The van der Waals surface area contributed by atoms with Gasteiger partial charge in [0.15, 0.2) is 0 Å². The van der Waals surface area contributed by atoms with Gasteiger partial charge in [0, 0.05) is 14.1 Å². The lowest BCUT2D eigenvalue weighted by molar-refractivity contribution is -0.146. The van der Waals surface area contributed by atoms with Crippen LogP contribution in [0.1, 0.15) is 20.3 Å². The predicted octanol–water partition coefficient (Wildman–Crippen LogP) is 0.258. The average molecular weight is 216 g/mol. The maximum atomic E-state index is 11.6. The second-order valence-electron chi connectivity index (χ2n) is 3.84. The Bertz CT molecular complexity index is 241. The van der Waals surface area contributed by atoms with Crippen LogP contribution >= 0.6 is 0 Å². The predicted molar refractivity (Wildman–Crippen MR) is 57.6 cm³/mol. The summed E-state index contributed by atoms with van der Waals surface area (Å²) in [7, 11) is 4.98. The van der Waals surface area contributed by atoms with Gasteiger partial charge in [-0.3, -0.25) is 14.5 Å². The molecule has 0 bridgehead atoms. The molecule has 88 valence electrons. The van der Waals surface area contributed by atoms with Gasteiger partial charge in [-0.15, -0.1) is 0 Å². The Morgan fingerprint density at radius 1 is 1.27 bits per heavy atom. The van der Waals surface area contributed by atoms with Gasteiger partial charge in [-0.05, 0) is 20.4 Å². The van der Waals surface area contributed by atoms with E-state index in [-0.39, 0.29) is 5.91 Å². The number of hydrogen-bond acceptors (Lipinski definition) is 3. The summed E-state index contributed by atoms with van der Waals surface area (Å²) in [6, 6.07) is -1.02. The Hall–Kier alpha value is -1.10. The first kappa shape index (κ1) is 13.9. The van der Waals surface area contributed by atoms with E-state index in [2.05, 4.69) is 0 Å². The third-order valence-corrected chi connectivity index (χ3v) is 2.57. The fourth-order valence-corrected chi connectivity index (χ4v) is 1.45.